The Kier molecular flexibility index (Phi) is 4.73. The summed E-state index contributed by atoms with van der Waals surface area (Å²) < 4.78 is 7.76. The largest absolute Gasteiger partial charge is 0.365 e. The van der Waals surface area contributed by atoms with Crippen LogP contribution < -0.4 is 5.32 Å². The van der Waals surface area contributed by atoms with Gasteiger partial charge in [-0.2, -0.15) is 5.10 Å². The average molecular weight is 368 g/mol. The first-order chi connectivity index (χ1) is 12.7. The van der Waals surface area contributed by atoms with Gasteiger partial charge in [-0.15, -0.1) is 0 Å². The van der Waals surface area contributed by atoms with Crippen molar-refractivity contribution in [3.8, 4) is 0 Å². The fourth-order valence-corrected chi connectivity index (χ4v) is 3.11. The first-order valence-electron chi connectivity index (χ1n) is 8.45. The molecule has 1 atom stereocenters. The number of benzene rings is 2. The average Bonchev–Trinajstić information content (AvgIpc) is 3.11. The maximum Gasteiger partial charge on any atom is 0.272 e. The van der Waals surface area contributed by atoms with E-state index in [1.807, 2.05) is 59.3 Å². The standard InChI is InChI=1S/C20H18ClN3O2/c21-16-8-6-15(7-9-16)19-12-24-17(13-26-19)10-18(23-24)20(25)22-11-14-4-2-1-3-5-14/h1-10,19H,11-13H2,(H,22,25)/t19-/m1/s1. The van der Waals surface area contributed by atoms with Crippen molar-refractivity contribution in [3.05, 3.63) is 88.2 Å². The fraction of sp³-hybridized carbons (Fsp3) is 0.200. The lowest BCUT2D eigenvalue weighted by molar-refractivity contribution is -0.00119. The van der Waals surface area contributed by atoms with E-state index in [2.05, 4.69) is 10.4 Å². The molecule has 1 N–H and O–H groups in total. The Morgan fingerprint density at radius 3 is 2.73 bits per heavy atom. The molecule has 132 valence electrons. The van der Waals surface area contributed by atoms with E-state index in [0.29, 0.717) is 30.4 Å². The summed E-state index contributed by atoms with van der Waals surface area (Å²) in [7, 11) is 0. The molecule has 2 heterocycles. The van der Waals surface area contributed by atoms with Gasteiger partial charge >= 0.3 is 0 Å². The Morgan fingerprint density at radius 1 is 1.19 bits per heavy atom. The van der Waals surface area contributed by atoms with Gasteiger partial charge in [0.2, 0.25) is 0 Å². The molecule has 0 spiro atoms. The van der Waals surface area contributed by atoms with Gasteiger partial charge in [-0.1, -0.05) is 54.1 Å². The van der Waals surface area contributed by atoms with E-state index in [-0.39, 0.29) is 12.0 Å². The van der Waals surface area contributed by atoms with Crippen molar-refractivity contribution in [2.75, 3.05) is 0 Å². The number of nitrogens with zero attached hydrogens (tertiary/aromatic N) is 2. The van der Waals surface area contributed by atoms with E-state index in [0.717, 1.165) is 16.8 Å². The van der Waals surface area contributed by atoms with Crippen molar-refractivity contribution >= 4 is 17.5 Å². The summed E-state index contributed by atoms with van der Waals surface area (Å²) in [5, 5.41) is 8.05. The number of carbonyl (C=O) groups is 1. The van der Waals surface area contributed by atoms with Gasteiger partial charge in [0.25, 0.3) is 5.91 Å². The minimum Gasteiger partial charge on any atom is -0.365 e. The Labute approximate surface area is 156 Å². The van der Waals surface area contributed by atoms with Crippen LogP contribution in [0.25, 0.3) is 0 Å². The molecule has 6 heteroatoms. The summed E-state index contributed by atoms with van der Waals surface area (Å²) >= 11 is 5.94. The fourth-order valence-electron chi connectivity index (χ4n) is 2.98. The van der Waals surface area contributed by atoms with Crippen molar-refractivity contribution in [3.63, 3.8) is 0 Å². The van der Waals surface area contributed by atoms with Gasteiger partial charge in [0, 0.05) is 11.6 Å². The topological polar surface area (TPSA) is 56.2 Å². The molecule has 1 aromatic heterocycles. The van der Waals surface area contributed by atoms with Crippen LogP contribution in [0.3, 0.4) is 0 Å². The van der Waals surface area contributed by atoms with Gasteiger partial charge in [0.05, 0.1) is 18.8 Å². The van der Waals surface area contributed by atoms with E-state index in [1.165, 1.54) is 0 Å². The lowest BCUT2D eigenvalue weighted by Crippen LogP contribution is -2.24. The van der Waals surface area contributed by atoms with E-state index in [4.69, 9.17) is 16.3 Å². The second-order valence-corrected chi connectivity index (χ2v) is 6.66. The van der Waals surface area contributed by atoms with Crippen LogP contribution in [0.5, 0.6) is 0 Å². The molecule has 0 fully saturated rings. The first kappa shape index (κ1) is 16.8. The number of amides is 1. The zero-order valence-electron chi connectivity index (χ0n) is 14.1. The number of halogens is 1. The zero-order chi connectivity index (χ0) is 17.9. The van der Waals surface area contributed by atoms with Crippen molar-refractivity contribution < 1.29 is 9.53 Å². The third-order valence-electron chi connectivity index (χ3n) is 4.40. The molecule has 1 amide bonds. The summed E-state index contributed by atoms with van der Waals surface area (Å²) in [5.74, 6) is -0.182. The molecule has 1 aliphatic heterocycles. The van der Waals surface area contributed by atoms with Gasteiger partial charge in [0.15, 0.2) is 5.69 Å². The minimum atomic E-state index is -0.182. The Balaban J connectivity index is 1.43. The maximum atomic E-state index is 12.4. The van der Waals surface area contributed by atoms with Crippen LogP contribution in [-0.4, -0.2) is 15.7 Å². The predicted octanol–water partition coefficient (Wildman–Crippen LogP) is 3.74. The lowest BCUT2D eigenvalue weighted by atomic mass is 10.1. The van der Waals surface area contributed by atoms with Crippen molar-refractivity contribution in [2.45, 2.75) is 25.8 Å². The summed E-state index contributed by atoms with van der Waals surface area (Å²) in [5.41, 5.74) is 3.41. The number of nitrogens with one attached hydrogen (secondary N) is 1. The Morgan fingerprint density at radius 2 is 1.96 bits per heavy atom. The summed E-state index contributed by atoms with van der Waals surface area (Å²) in [6.07, 6.45) is -0.0973. The number of aromatic nitrogens is 2. The third kappa shape index (κ3) is 3.64. The smallest absolute Gasteiger partial charge is 0.272 e. The molecule has 0 radical (unpaired) electrons. The zero-order valence-corrected chi connectivity index (χ0v) is 14.8. The predicted molar refractivity (Wildman–Crippen MR) is 98.8 cm³/mol. The normalized spacial score (nSPS) is 16.1. The highest BCUT2D eigenvalue weighted by atomic mass is 35.5. The Hall–Kier alpha value is -2.63. The summed E-state index contributed by atoms with van der Waals surface area (Å²) in [6, 6.07) is 19.2. The number of fused-ring (bicyclic) bond motifs is 1. The minimum absolute atomic E-state index is 0.0973. The Bertz CT molecular complexity index is 907. The number of hydrogen-bond acceptors (Lipinski definition) is 3. The molecule has 2 aromatic carbocycles. The quantitative estimate of drug-likeness (QED) is 0.764. The first-order valence-corrected chi connectivity index (χ1v) is 8.83. The molecule has 0 aliphatic carbocycles. The van der Waals surface area contributed by atoms with E-state index in [1.54, 1.807) is 6.07 Å². The monoisotopic (exact) mass is 367 g/mol. The highest BCUT2D eigenvalue weighted by Crippen LogP contribution is 2.27. The molecule has 0 bridgehead atoms. The van der Waals surface area contributed by atoms with Gasteiger partial charge in [-0.25, -0.2) is 0 Å². The number of carbonyl (C=O) groups excluding carboxylic acids is 1. The van der Waals surface area contributed by atoms with Crippen LogP contribution in [0.2, 0.25) is 5.02 Å². The number of rotatable bonds is 4. The molecule has 1 aliphatic rings. The van der Waals surface area contributed by atoms with Crippen LogP contribution in [0.4, 0.5) is 0 Å². The second kappa shape index (κ2) is 7.32. The van der Waals surface area contributed by atoms with Crippen LogP contribution in [0.15, 0.2) is 60.7 Å². The van der Waals surface area contributed by atoms with Gasteiger partial charge < -0.3 is 10.1 Å². The molecule has 3 aromatic rings. The van der Waals surface area contributed by atoms with Crippen molar-refractivity contribution in [1.29, 1.82) is 0 Å². The van der Waals surface area contributed by atoms with Gasteiger partial charge in [0.1, 0.15) is 6.10 Å². The number of ether oxygens (including phenoxy) is 1. The molecule has 26 heavy (non-hydrogen) atoms. The maximum absolute atomic E-state index is 12.4. The summed E-state index contributed by atoms with van der Waals surface area (Å²) in [6.45, 7) is 1.47. The van der Waals surface area contributed by atoms with Crippen molar-refractivity contribution in [1.82, 2.24) is 15.1 Å². The van der Waals surface area contributed by atoms with E-state index < -0.39 is 0 Å². The molecule has 4 rings (SSSR count). The lowest BCUT2D eigenvalue weighted by Gasteiger charge is -2.24. The molecular weight excluding hydrogens is 350 g/mol. The van der Waals surface area contributed by atoms with E-state index in [9.17, 15) is 4.79 Å². The molecule has 0 saturated heterocycles. The SMILES string of the molecule is O=C(NCc1ccccc1)c1cc2n(n1)C[C@H](c1ccc(Cl)cc1)OC2. The van der Waals surface area contributed by atoms with Crippen LogP contribution in [-0.2, 0) is 24.4 Å². The third-order valence-corrected chi connectivity index (χ3v) is 4.66. The second-order valence-electron chi connectivity index (χ2n) is 6.22. The van der Waals surface area contributed by atoms with E-state index >= 15 is 0 Å². The molecule has 0 unspecified atom stereocenters. The molecular formula is C20H18ClN3O2. The summed E-state index contributed by atoms with van der Waals surface area (Å²) in [4.78, 5) is 12.4. The van der Waals surface area contributed by atoms with Crippen LogP contribution in [0.1, 0.15) is 33.4 Å². The van der Waals surface area contributed by atoms with Gasteiger partial charge in [-0.3, -0.25) is 9.48 Å². The van der Waals surface area contributed by atoms with Crippen molar-refractivity contribution in [2.24, 2.45) is 0 Å². The highest BCUT2D eigenvalue weighted by molar-refractivity contribution is 6.30. The highest BCUT2D eigenvalue weighted by Gasteiger charge is 2.24. The van der Waals surface area contributed by atoms with Crippen LogP contribution >= 0.6 is 11.6 Å². The molecule has 0 saturated carbocycles. The van der Waals surface area contributed by atoms with Gasteiger partial charge in [-0.05, 0) is 29.3 Å². The molecule has 5 nitrogen and oxygen atoms in total. The van der Waals surface area contributed by atoms with Crippen LogP contribution in [0, 0.1) is 0 Å². The number of hydrogen-bond donors (Lipinski definition) is 1.